The molecule has 12 heavy (non-hydrogen) atoms. The minimum Gasteiger partial charge on any atom is -0.375 e. The molecule has 0 radical (unpaired) electrons. The topological polar surface area (TPSA) is 15.3 Å². The Kier molecular flexibility index (Phi) is 2.67. The molecule has 0 spiro atoms. The summed E-state index contributed by atoms with van der Waals surface area (Å²) < 4.78 is 0. The van der Waals surface area contributed by atoms with E-state index in [4.69, 9.17) is 0 Å². The first kappa shape index (κ1) is 8.11. The zero-order valence-corrected chi connectivity index (χ0v) is 7.68. The van der Waals surface area contributed by atoms with Gasteiger partial charge < -0.3 is 10.2 Å². The molecule has 0 saturated carbocycles. The maximum Gasteiger partial charge on any atom is 0.0174 e. The van der Waals surface area contributed by atoms with Gasteiger partial charge in [0.15, 0.2) is 0 Å². The van der Waals surface area contributed by atoms with Crippen LogP contribution < -0.4 is 5.32 Å². The minimum absolute atomic E-state index is 1.08. The van der Waals surface area contributed by atoms with Crippen molar-refractivity contribution < 1.29 is 0 Å². The summed E-state index contributed by atoms with van der Waals surface area (Å²) in [5.41, 5.74) is 1.59. The fraction of sp³-hybridized carbons (Fsp3) is 0.800. The van der Waals surface area contributed by atoms with Crippen LogP contribution in [0.15, 0.2) is 11.8 Å². The molecule has 1 N–H and O–H groups in total. The number of nitrogens with one attached hydrogen (secondary N) is 1. The summed E-state index contributed by atoms with van der Waals surface area (Å²) in [6, 6.07) is 0. The van der Waals surface area contributed by atoms with E-state index in [1.54, 1.807) is 5.70 Å². The van der Waals surface area contributed by atoms with E-state index in [2.05, 4.69) is 16.3 Å². The molecule has 0 amide bonds. The molecule has 0 aromatic rings. The van der Waals surface area contributed by atoms with E-state index < -0.39 is 0 Å². The van der Waals surface area contributed by atoms with Crippen LogP contribution in [0, 0.1) is 0 Å². The van der Waals surface area contributed by atoms with Gasteiger partial charge in [-0.15, -0.1) is 0 Å². The predicted octanol–water partition coefficient (Wildman–Crippen LogP) is 1.35. The molecule has 2 nitrogen and oxygen atoms in total. The van der Waals surface area contributed by atoms with Crippen LogP contribution in [0.5, 0.6) is 0 Å². The van der Waals surface area contributed by atoms with E-state index in [0.717, 1.165) is 6.54 Å². The van der Waals surface area contributed by atoms with Crippen molar-refractivity contribution in [3.63, 3.8) is 0 Å². The Morgan fingerprint density at radius 2 is 2.00 bits per heavy atom. The third-order valence-corrected chi connectivity index (χ3v) is 2.80. The number of hydrogen-bond acceptors (Lipinski definition) is 2. The molecule has 2 heteroatoms. The van der Waals surface area contributed by atoms with Gasteiger partial charge in [0.2, 0.25) is 0 Å². The van der Waals surface area contributed by atoms with E-state index in [-0.39, 0.29) is 0 Å². The molecule has 2 heterocycles. The fourth-order valence-corrected chi connectivity index (χ4v) is 2.08. The average molecular weight is 166 g/mol. The Labute approximate surface area is 74.6 Å². The summed E-state index contributed by atoms with van der Waals surface area (Å²) in [4.78, 5) is 2.57. The molecule has 0 aromatic heterocycles. The third-order valence-electron chi connectivity index (χ3n) is 2.80. The van der Waals surface area contributed by atoms with E-state index in [9.17, 15) is 0 Å². The van der Waals surface area contributed by atoms with Crippen LogP contribution in [0.25, 0.3) is 0 Å². The standard InChI is InChI=1S/C10H18N2/c1-2-8-12(9-3-1)10-4-6-11-7-5-10/h4,11H,1-3,5-9H2. The smallest absolute Gasteiger partial charge is 0.0174 e. The Hall–Kier alpha value is -0.500. The van der Waals surface area contributed by atoms with Crippen molar-refractivity contribution in [1.82, 2.24) is 10.2 Å². The summed E-state index contributed by atoms with van der Waals surface area (Å²) in [6.45, 7) is 4.84. The Morgan fingerprint density at radius 1 is 1.17 bits per heavy atom. The third kappa shape index (κ3) is 1.81. The molecule has 2 rings (SSSR count). The molecular weight excluding hydrogens is 148 g/mol. The highest BCUT2D eigenvalue weighted by molar-refractivity contribution is 5.06. The van der Waals surface area contributed by atoms with Crippen molar-refractivity contribution in [2.24, 2.45) is 0 Å². The van der Waals surface area contributed by atoms with Crippen LogP contribution in [0.2, 0.25) is 0 Å². The average Bonchev–Trinajstić information content (AvgIpc) is 2.21. The molecule has 0 bridgehead atoms. The normalized spacial score (nSPS) is 25.3. The molecular formula is C10H18N2. The van der Waals surface area contributed by atoms with Gasteiger partial charge in [0.25, 0.3) is 0 Å². The van der Waals surface area contributed by atoms with Gasteiger partial charge in [-0.05, 0) is 25.7 Å². The van der Waals surface area contributed by atoms with Gasteiger partial charge in [-0.3, -0.25) is 0 Å². The predicted molar refractivity (Wildman–Crippen MR) is 51.0 cm³/mol. The van der Waals surface area contributed by atoms with Crippen LogP contribution >= 0.6 is 0 Å². The van der Waals surface area contributed by atoms with Crippen LogP contribution in [-0.2, 0) is 0 Å². The minimum atomic E-state index is 1.08. The highest BCUT2D eigenvalue weighted by Gasteiger charge is 2.13. The summed E-state index contributed by atoms with van der Waals surface area (Å²) in [6.07, 6.45) is 7.81. The van der Waals surface area contributed by atoms with Gasteiger partial charge in [-0.25, -0.2) is 0 Å². The number of likely N-dealkylation sites (tertiary alicyclic amines) is 1. The van der Waals surface area contributed by atoms with Crippen molar-refractivity contribution in [3.8, 4) is 0 Å². The van der Waals surface area contributed by atoms with Gasteiger partial charge in [0, 0.05) is 31.9 Å². The van der Waals surface area contributed by atoms with Crippen LogP contribution in [0.1, 0.15) is 25.7 Å². The monoisotopic (exact) mass is 166 g/mol. The van der Waals surface area contributed by atoms with Gasteiger partial charge in [-0.1, -0.05) is 6.08 Å². The van der Waals surface area contributed by atoms with Crippen molar-refractivity contribution >= 4 is 0 Å². The molecule has 68 valence electrons. The lowest BCUT2D eigenvalue weighted by Gasteiger charge is -2.32. The summed E-state index contributed by atoms with van der Waals surface area (Å²) >= 11 is 0. The van der Waals surface area contributed by atoms with E-state index in [1.807, 2.05) is 0 Å². The maximum atomic E-state index is 3.35. The lowest BCUT2D eigenvalue weighted by molar-refractivity contribution is 0.272. The molecule has 0 aromatic carbocycles. The number of nitrogens with zero attached hydrogens (tertiary/aromatic N) is 1. The quantitative estimate of drug-likeness (QED) is 0.632. The summed E-state index contributed by atoms with van der Waals surface area (Å²) in [7, 11) is 0. The molecule has 0 atom stereocenters. The van der Waals surface area contributed by atoms with Gasteiger partial charge in [0.1, 0.15) is 0 Å². The highest BCUT2D eigenvalue weighted by Crippen LogP contribution is 2.17. The Bertz CT molecular complexity index is 169. The lowest BCUT2D eigenvalue weighted by Crippen LogP contribution is -2.33. The Balaban J connectivity index is 1.92. The summed E-state index contributed by atoms with van der Waals surface area (Å²) in [5.74, 6) is 0. The molecule has 1 saturated heterocycles. The van der Waals surface area contributed by atoms with Gasteiger partial charge >= 0.3 is 0 Å². The molecule has 2 aliphatic rings. The molecule has 1 fully saturated rings. The zero-order valence-electron chi connectivity index (χ0n) is 7.68. The van der Waals surface area contributed by atoms with Crippen molar-refractivity contribution in [1.29, 1.82) is 0 Å². The number of hydrogen-bond donors (Lipinski definition) is 1. The second kappa shape index (κ2) is 3.94. The highest BCUT2D eigenvalue weighted by atomic mass is 15.1. The van der Waals surface area contributed by atoms with Crippen LogP contribution in [0.4, 0.5) is 0 Å². The second-order valence-electron chi connectivity index (χ2n) is 3.70. The maximum absolute atomic E-state index is 3.35. The van der Waals surface area contributed by atoms with Gasteiger partial charge in [-0.2, -0.15) is 0 Å². The fourth-order valence-electron chi connectivity index (χ4n) is 2.08. The number of piperidine rings is 1. The summed E-state index contributed by atoms with van der Waals surface area (Å²) in [5, 5.41) is 3.35. The van der Waals surface area contributed by atoms with Gasteiger partial charge in [0.05, 0.1) is 0 Å². The first-order valence-electron chi connectivity index (χ1n) is 5.11. The largest absolute Gasteiger partial charge is 0.375 e. The van der Waals surface area contributed by atoms with E-state index in [0.29, 0.717) is 0 Å². The number of rotatable bonds is 1. The zero-order chi connectivity index (χ0) is 8.23. The SMILES string of the molecule is C1=C(N2CCCCC2)CCNC1. The second-order valence-corrected chi connectivity index (χ2v) is 3.70. The first-order chi connectivity index (χ1) is 5.97. The van der Waals surface area contributed by atoms with Crippen molar-refractivity contribution in [2.75, 3.05) is 26.2 Å². The lowest BCUT2D eigenvalue weighted by atomic mass is 10.1. The van der Waals surface area contributed by atoms with Crippen molar-refractivity contribution in [2.45, 2.75) is 25.7 Å². The van der Waals surface area contributed by atoms with E-state index in [1.165, 1.54) is 45.3 Å². The molecule has 0 unspecified atom stereocenters. The Morgan fingerprint density at radius 3 is 2.67 bits per heavy atom. The van der Waals surface area contributed by atoms with Crippen molar-refractivity contribution in [3.05, 3.63) is 11.8 Å². The molecule has 0 aliphatic carbocycles. The van der Waals surface area contributed by atoms with Crippen LogP contribution in [0.3, 0.4) is 0 Å². The molecule has 2 aliphatic heterocycles. The van der Waals surface area contributed by atoms with Crippen LogP contribution in [-0.4, -0.2) is 31.1 Å². The van der Waals surface area contributed by atoms with E-state index >= 15 is 0 Å². The first-order valence-corrected chi connectivity index (χ1v) is 5.11.